The molecule has 2 N–H and O–H groups in total. The second-order valence-electron chi connectivity index (χ2n) is 6.65. The summed E-state index contributed by atoms with van der Waals surface area (Å²) in [6, 6.07) is 9.19. The Morgan fingerprint density at radius 3 is 2.56 bits per heavy atom. The number of amides is 1. The van der Waals surface area contributed by atoms with Gasteiger partial charge in [-0.1, -0.05) is 30.3 Å². The number of nitrogens with zero attached hydrogens (tertiary/aromatic N) is 4. The quantitative estimate of drug-likeness (QED) is 0.500. The van der Waals surface area contributed by atoms with E-state index >= 15 is 0 Å². The minimum Gasteiger partial charge on any atom is -0.481 e. The van der Waals surface area contributed by atoms with Gasteiger partial charge in [-0.05, 0) is 12.5 Å². The lowest BCUT2D eigenvalue weighted by atomic mass is 10.1. The van der Waals surface area contributed by atoms with Gasteiger partial charge < -0.3 is 9.72 Å². The number of carbonyl (C=O) groups is 1. The van der Waals surface area contributed by atoms with Gasteiger partial charge >= 0.3 is 6.18 Å². The summed E-state index contributed by atoms with van der Waals surface area (Å²) in [4.78, 5) is 36.3. The van der Waals surface area contributed by atoms with Crippen LogP contribution in [-0.2, 0) is 6.18 Å². The molecule has 0 fully saturated rings. The minimum atomic E-state index is -4.83. The van der Waals surface area contributed by atoms with Crippen LogP contribution in [-0.4, -0.2) is 37.6 Å². The van der Waals surface area contributed by atoms with Crippen LogP contribution in [0.5, 0.6) is 5.88 Å². The fourth-order valence-electron chi connectivity index (χ4n) is 3.21. The van der Waals surface area contributed by atoms with Crippen molar-refractivity contribution in [1.82, 2.24) is 24.6 Å². The maximum absolute atomic E-state index is 13.7. The molecule has 4 rings (SSSR count). The van der Waals surface area contributed by atoms with Gasteiger partial charge in [0.15, 0.2) is 5.69 Å². The number of anilines is 1. The van der Waals surface area contributed by atoms with Crippen molar-refractivity contribution in [2.24, 2.45) is 0 Å². The summed E-state index contributed by atoms with van der Waals surface area (Å²) in [5.41, 5.74) is -2.91. The Labute approximate surface area is 177 Å². The van der Waals surface area contributed by atoms with E-state index in [1.54, 1.807) is 18.2 Å². The van der Waals surface area contributed by atoms with Crippen molar-refractivity contribution >= 4 is 17.5 Å². The van der Waals surface area contributed by atoms with Gasteiger partial charge in [0.05, 0.1) is 12.7 Å². The predicted octanol–water partition coefficient (Wildman–Crippen LogP) is 3.07. The van der Waals surface area contributed by atoms with Crippen LogP contribution in [0.15, 0.2) is 47.4 Å². The normalized spacial score (nSPS) is 11.5. The van der Waals surface area contributed by atoms with Gasteiger partial charge in [-0.3, -0.25) is 14.9 Å². The first-order valence-corrected chi connectivity index (χ1v) is 9.17. The Hall–Kier alpha value is -4.22. The lowest BCUT2D eigenvalue weighted by Crippen LogP contribution is -2.29. The number of H-pyrrole nitrogens is 1. The highest BCUT2D eigenvalue weighted by molar-refractivity contribution is 6.04. The number of carbonyl (C=O) groups excluding carboxylic acids is 1. The topological polar surface area (TPSA) is 114 Å². The Kier molecular flexibility index (Phi) is 5.12. The van der Waals surface area contributed by atoms with Gasteiger partial charge in [0, 0.05) is 18.0 Å². The summed E-state index contributed by atoms with van der Waals surface area (Å²) in [6.07, 6.45) is -3.50. The standard InChI is InChI=1S/C20H15F3N6O3/c1-10-13(17(30)27-19-24-9-8-12(26-19)32-2)18(31)29-16(25-10)14(11-6-4-3-5-7-11)15(28-29)20(21,22)23/h3-9,25H,1-2H3,(H,24,26,27,30). The Balaban J connectivity index is 1.88. The number of alkyl halides is 3. The van der Waals surface area contributed by atoms with Crippen LogP contribution in [0.3, 0.4) is 0 Å². The lowest BCUT2D eigenvalue weighted by Gasteiger charge is -2.09. The van der Waals surface area contributed by atoms with Crippen LogP contribution >= 0.6 is 0 Å². The van der Waals surface area contributed by atoms with Gasteiger partial charge in [0.25, 0.3) is 11.5 Å². The number of nitrogens with one attached hydrogen (secondary N) is 2. The zero-order valence-corrected chi connectivity index (χ0v) is 16.7. The number of aryl methyl sites for hydroxylation is 1. The SMILES string of the molecule is COc1ccnc(NC(=O)c2c(C)[nH]c3c(-c4ccccc4)c(C(F)(F)F)nn3c2=O)n1. The summed E-state index contributed by atoms with van der Waals surface area (Å²) < 4.78 is 46.7. The van der Waals surface area contributed by atoms with Gasteiger partial charge in [-0.25, -0.2) is 4.98 Å². The average Bonchev–Trinajstić information content (AvgIpc) is 3.14. The van der Waals surface area contributed by atoms with E-state index < -0.39 is 28.9 Å². The molecule has 3 heterocycles. The van der Waals surface area contributed by atoms with Crippen LogP contribution < -0.4 is 15.6 Å². The Morgan fingerprint density at radius 2 is 1.91 bits per heavy atom. The van der Waals surface area contributed by atoms with E-state index in [1.807, 2.05) is 0 Å². The van der Waals surface area contributed by atoms with Crippen LogP contribution in [0.25, 0.3) is 16.8 Å². The molecule has 0 spiro atoms. The summed E-state index contributed by atoms with van der Waals surface area (Å²) in [5.74, 6) is -0.885. The number of rotatable bonds is 4. The molecule has 0 radical (unpaired) electrons. The van der Waals surface area contributed by atoms with Crippen molar-refractivity contribution in [3.63, 3.8) is 0 Å². The summed E-state index contributed by atoms with van der Waals surface area (Å²) >= 11 is 0. The molecular weight excluding hydrogens is 429 g/mol. The summed E-state index contributed by atoms with van der Waals surface area (Å²) in [5, 5.41) is 5.83. The van der Waals surface area contributed by atoms with E-state index in [0.29, 0.717) is 4.52 Å². The molecule has 164 valence electrons. The number of halogens is 3. The first-order chi connectivity index (χ1) is 15.2. The zero-order valence-electron chi connectivity index (χ0n) is 16.7. The largest absolute Gasteiger partial charge is 0.481 e. The molecule has 9 nitrogen and oxygen atoms in total. The highest BCUT2D eigenvalue weighted by Gasteiger charge is 2.39. The summed E-state index contributed by atoms with van der Waals surface area (Å²) in [7, 11) is 1.37. The van der Waals surface area contributed by atoms with E-state index in [1.165, 1.54) is 38.4 Å². The molecule has 3 aromatic heterocycles. The third-order valence-corrected chi connectivity index (χ3v) is 4.60. The van der Waals surface area contributed by atoms with Crippen molar-refractivity contribution in [1.29, 1.82) is 0 Å². The number of aromatic amines is 1. The second-order valence-corrected chi connectivity index (χ2v) is 6.65. The van der Waals surface area contributed by atoms with Crippen LogP contribution in [0, 0.1) is 6.92 Å². The third kappa shape index (κ3) is 3.66. The zero-order chi connectivity index (χ0) is 23.0. The minimum absolute atomic E-state index is 0.0497. The molecule has 0 bridgehead atoms. The second kappa shape index (κ2) is 7.80. The molecule has 0 saturated carbocycles. The number of methoxy groups -OCH3 is 1. The van der Waals surface area contributed by atoms with Crippen LogP contribution in [0.4, 0.5) is 19.1 Å². The highest BCUT2D eigenvalue weighted by Crippen LogP contribution is 2.38. The van der Waals surface area contributed by atoms with Crippen LogP contribution in [0.1, 0.15) is 21.7 Å². The molecule has 32 heavy (non-hydrogen) atoms. The van der Waals surface area contributed by atoms with Crippen molar-refractivity contribution in [3.8, 4) is 17.0 Å². The molecule has 0 unspecified atom stereocenters. The van der Waals surface area contributed by atoms with Crippen LogP contribution in [0.2, 0.25) is 0 Å². The fraction of sp³-hybridized carbons (Fsp3) is 0.150. The average molecular weight is 444 g/mol. The van der Waals surface area contributed by atoms with Gasteiger partial charge in [0.1, 0.15) is 11.2 Å². The van der Waals surface area contributed by atoms with E-state index in [9.17, 15) is 22.8 Å². The Bertz CT molecular complexity index is 1380. The number of hydrogen-bond donors (Lipinski definition) is 2. The van der Waals surface area contributed by atoms with E-state index in [0.717, 1.165) is 0 Å². The van der Waals surface area contributed by atoms with E-state index in [4.69, 9.17) is 4.74 Å². The molecular formula is C20H15F3N6O3. The molecule has 0 atom stereocenters. The molecule has 1 aromatic carbocycles. The molecule has 1 amide bonds. The van der Waals surface area contributed by atoms with Gasteiger partial charge in [-0.2, -0.15) is 27.8 Å². The molecule has 0 aliphatic heterocycles. The monoisotopic (exact) mass is 444 g/mol. The van der Waals surface area contributed by atoms with Crippen molar-refractivity contribution in [2.45, 2.75) is 13.1 Å². The van der Waals surface area contributed by atoms with Gasteiger partial charge in [-0.15, -0.1) is 0 Å². The number of hydrogen-bond acceptors (Lipinski definition) is 6. The van der Waals surface area contributed by atoms with E-state index in [-0.39, 0.29) is 34.3 Å². The van der Waals surface area contributed by atoms with Crippen molar-refractivity contribution in [3.05, 3.63) is 69.9 Å². The molecule has 4 aromatic rings. The van der Waals surface area contributed by atoms with E-state index in [2.05, 4.69) is 25.4 Å². The van der Waals surface area contributed by atoms with Gasteiger partial charge in [0.2, 0.25) is 11.8 Å². The smallest absolute Gasteiger partial charge is 0.435 e. The fourth-order valence-corrected chi connectivity index (χ4v) is 3.21. The maximum Gasteiger partial charge on any atom is 0.435 e. The molecule has 0 aliphatic carbocycles. The number of fused-ring (bicyclic) bond motifs is 1. The number of ether oxygens (including phenoxy) is 1. The highest BCUT2D eigenvalue weighted by atomic mass is 19.4. The molecule has 0 saturated heterocycles. The van der Waals surface area contributed by atoms with Crippen molar-refractivity contribution < 1.29 is 22.7 Å². The first-order valence-electron chi connectivity index (χ1n) is 9.17. The molecule has 12 heteroatoms. The lowest BCUT2D eigenvalue weighted by molar-refractivity contribution is -0.140. The molecule has 0 aliphatic rings. The number of benzene rings is 1. The predicted molar refractivity (Wildman–Crippen MR) is 108 cm³/mol. The van der Waals surface area contributed by atoms with Crippen molar-refractivity contribution in [2.75, 3.05) is 12.4 Å². The Morgan fingerprint density at radius 1 is 1.19 bits per heavy atom. The summed E-state index contributed by atoms with van der Waals surface area (Å²) in [6.45, 7) is 1.40. The first kappa shape index (κ1) is 21.0. The third-order valence-electron chi connectivity index (χ3n) is 4.60. The number of aromatic nitrogens is 5. The maximum atomic E-state index is 13.7.